The second kappa shape index (κ2) is 7.33. The Kier molecular flexibility index (Phi) is 5.88. The maximum atomic E-state index is 10.7. The lowest BCUT2D eigenvalue weighted by molar-refractivity contribution is -0.138. The van der Waals surface area contributed by atoms with Crippen LogP contribution in [0.5, 0.6) is 0 Å². The van der Waals surface area contributed by atoms with Gasteiger partial charge in [-0.15, -0.1) is 0 Å². The normalized spacial score (nSPS) is 44.1. The summed E-state index contributed by atoms with van der Waals surface area (Å²) in [7, 11) is 0. The molecule has 2 rings (SSSR count). The summed E-state index contributed by atoms with van der Waals surface area (Å²) in [5, 5.41) is 21.4. The van der Waals surface area contributed by atoms with Crippen LogP contribution in [0.1, 0.15) is 66.2 Å². The first-order chi connectivity index (χ1) is 10.7. The third-order valence-corrected chi connectivity index (χ3v) is 5.38. The monoisotopic (exact) mass is 320 g/mol. The number of rotatable bonds is 0. The second-order valence-electron chi connectivity index (χ2n) is 7.72. The van der Waals surface area contributed by atoms with Gasteiger partial charge < -0.3 is 14.9 Å². The Hall–Kier alpha value is -0.900. The van der Waals surface area contributed by atoms with Gasteiger partial charge in [-0.05, 0) is 71.8 Å². The van der Waals surface area contributed by atoms with Crippen molar-refractivity contribution < 1.29 is 14.9 Å². The van der Waals surface area contributed by atoms with Gasteiger partial charge in [0.15, 0.2) is 0 Å². The van der Waals surface area contributed by atoms with E-state index in [0.717, 1.165) is 37.7 Å². The lowest BCUT2D eigenvalue weighted by Crippen LogP contribution is -2.43. The Bertz CT molecular complexity index is 513. The standard InChI is InChI=1S/C20H32O3/c1-15-6-5-7-16(2)9-11-18(21)20(4)13-12-17(10-8-15)19(3,22)14-23-20/h7-8,10,18,21-22H,5-6,9,11-14H2,1-4H3/b15-8+,16-7+,17-10+/t18-,19+,20+/m1/s1. The van der Waals surface area contributed by atoms with Crippen LogP contribution in [0.2, 0.25) is 0 Å². The molecule has 0 aromatic carbocycles. The molecule has 0 aromatic rings. The summed E-state index contributed by atoms with van der Waals surface area (Å²) in [6.45, 7) is 8.29. The van der Waals surface area contributed by atoms with E-state index in [1.54, 1.807) is 0 Å². The minimum Gasteiger partial charge on any atom is -0.390 e. The first kappa shape index (κ1) is 18.4. The highest BCUT2D eigenvalue weighted by Gasteiger charge is 2.41. The van der Waals surface area contributed by atoms with Crippen molar-refractivity contribution in [2.75, 3.05) is 6.61 Å². The average molecular weight is 320 g/mol. The number of fused-ring (bicyclic) bond motifs is 3. The van der Waals surface area contributed by atoms with Crippen LogP contribution in [0.3, 0.4) is 0 Å². The van der Waals surface area contributed by atoms with Crippen molar-refractivity contribution in [3.05, 3.63) is 34.9 Å². The zero-order valence-electron chi connectivity index (χ0n) is 15.1. The van der Waals surface area contributed by atoms with E-state index in [1.807, 2.05) is 13.8 Å². The molecule has 1 heterocycles. The van der Waals surface area contributed by atoms with Crippen molar-refractivity contribution >= 4 is 0 Å². The minimum atomic E-state index is -0.970. The van der Waals surface area contributed by atoms with Gasteiger partial charge in [-0.2, -0.15) is 0 Å². The van der Waals surface area contributed by atoms with Gasteiger partial charge in [-0.25, -0.2) is 0 Å². The highest BCUT2D eigenvalue weighted by Crippen LogP contribution is 2.36. The van der Waals surface area contributed by atoms with E-state index in [9.17, 15) is 10.2 Å². The van der Waals surface area contributed by atoms with Crippen molar-refractivity contribution in [2.24, 2.45) is 0 Å². The molecular formula is C20H32O3. The van der Waals surface area contributed by atoms with Crippen LogP contribution in [0, 0.1) is 0 Å². The minimum absolute atomic E-state index is 0.230. The third-order valence-electron chi connectivity index (χ3n) is 5.38. The van der Waals surface area contributed by atoms with Crippen LogP contribution in [0.4, 0.5) is 0 Å². The van der Waals surface area contributed by atoms with Crippen LogP contribution in [-0.4, -0.2) is 34.1 Å². The summed E-state index contributed by atoms with van der Waals surface area (Å²) in [4.78, 5) is 0. The van der Waals surface area contributed by atoms with E-state index in [0.29, 0.717) is 6.42 Å². The van der Waals surface area contributed by atoms with Gasteiger partial charge in [0.05, 0.1) is 18.3 Å². The first-order valence-corrected chi connectivity index (χ1v) is 8.80. The van der Waals surface area contributed by atoms with Crippen molar-refractivity contribution in [3.63, 3.8) is 0 Å². The van der Waals surface area contributed by atoms with Gasteiger partial charge in [-0.3, -0.25) is 0 Å². The van der Waals surface area contributed by atoms with E-state index in [4.69, 9.17) is 4.74 Å². The Morgan fingerprint density at radius 2 is 1.83 bits per heavy atom. The summed E-state index contributed by atoms with van der Waals surface area (Å²) in [5.41, 5.74) is 2.08. The Morgan fingerprint density at radius 1 is 1.09 bits per heavy atom. The molecule has 0 aromatic heterocycles. The summed E-state index contributed by atoms with van der Waals surface area (Å²) in [6, 6.07) is 0. The zero-order chi connectivity index (χ0) is 17.1. The van der Waals surface area contributed by atoms with Crippen LogP contribution < -0.4 is 0 Å². The Morgan fingerprint density at radius 3 is 2.57 bits per heavy atom. The van der Waals surface area contributed by atoms with E-state index in [1.165, 1.54) is 11.1 Å². The Balaban J connectivity index is 2.34. The molecule has 1 fully saturated rings. The van der Waals surface area contributed by atoms with Crippen LogP contribution in [0.25, 0.3) is 0 Å². The first-order valence-electron chi connectivity index (χ1n) is 8.80. The molecule has 23 heavy (non-hydrogen) atoms. The highest BCUT2D eigenvalue weighted by molar-refractivity contribution is 5.25. The Labute approximate surface area is 140 Å². The van der Waals surface area contributed by atoms with E-state index < -0.39 is 17.3 Å². The molecule has 3 heteroatoms. The van der Waals surface area contributed by atoms with Gasteiger partial charge in [0.1, 0.15) is 5.60 Å². The molecule has 0 radical (unpaired) electrons. The van der Waals surface area contributed by atoms with Crippen LogP contribution in [-0.2, 0) is 4.74 Å². The molecule has 130 valence electrons. The van der Waals surface area contributed by atoms with Gasteiger partial charge >= 0.3 is 0 Å². The van der Waals surface area contributed by atoms with E-state index in [-0.39, 0.29) is 6.61 Å². The van der Waals surface area contributed by atoms with Gasteiger partial charge in [0.2, 0.25) is 0 Å². The molecule has 0 spiro atoms. The van der Waals surface area contributed by atoms with E-state index >= 15 is 0 Å². The number of hydrogen-bond acceptors (Lipinski definition) is 3. The SMILES string of the molecule is C/C1=C\C=C2/CC[C@](C)(OC[C@]2(C)O)[C@H](O)CC/C(C)=C/CC1. The molecule has 0 amide bonds. The summed E-state index contributed by atoms with van der Waals surface area (Å²) >= 11 is 0. The number of aliphatic hydroxyl groups excluding tert-OH is 1. The zero-order valence-corrected chi connectivity index (χ0v) is 15.1. The van der Waals surface area contributed by atoms with Crippen molar-refractivity contribution in [2.45, 2.75) is 83.5 Å². The van der Waals surface area contributed by atoms with Gasteiger partial charge in [0, 0.05) is 0 Å². The van der Waals surface area contributed by atoms with Crippen molar-refractivity contribution in [1.82, 2.24) is 0 Å². The predicted octanol–water partition coefficient (Wildman–Crippen LogP) is 4.06. The van der Waals surface area contributed by atoms with Crippen LogP contribution >= 0.6 is 0 Å². The molecule has 1 aliphatic heterocycles. The maximum absolute atomic E-state index is 10.7. The fourth-order valence-corrected chi connectivity index (χ4v) is 3.29. The highest BCUT2D eigenvalue weighted by atomic mass is 16.5. The number of aliphatic hydroxyl groups is 2. The molecular weight excluding hydrogens is 288 g/mol. The molecule has 2 bridgehead atoms. The van der Waals surface area contributed by atoms with Crippen molar-refractivity contribution in [1.29, 1.82) is 0 Å². The molecule has 3 nitrogen and oxygen atoms in total. The summed E-state index contributed by atoms with van der Waals surface area (Å²) in [6.07, 6.45) is 11.1. The molecule has 0 unspecified atom stereocenters. The van der Waals surface area contributed by atoms with Crippen molar-refractivity contribution in [3.8, 4) is 0 Å². The fourth-order valence-electron chi connectivity index (χ4n) is 3.29. The molecule has 3 atom stereocenters. The quantitative estimate of drug-likeness (QED) is 0.662. The lowest BCUT2D eigenvalue weighted by Gasteiger charge is -2.34. The van der Waals surface area contributed by atoms with E-state index in [2.05, 4.69) is 32.1 Å². The molecule has 2 N–H and O–H groups in total. The fraction of sp³-hybridized carbons (Fsp3) is 0.700. The average Bonchev–Trinajstić information content (AvgIpc) is 2.60. The predicted molar refractivity (Wildman–Crippen MR) is 94.3 cm³/mol. The number of ether oxygens (including phenoxy) is 1. The maximum Gasteiger partial charge on any atom is 0.106 e. The summed E-state index contributed by atoms with van der Waals surface area (Å²) < 4.78 is 6.01. The lowest BCUT2D eigenvalue weighted by atomic mass is 9.86. The molecule has 1 saturated heterocycles. The van der Waals surface area contributed by atoms with Crippen LogP contribution in [0.15, 0.2) is 34.9 Å². The largest absolute Gasteiger partial charge is 0.390 e. The summed E-state index contributed by atoms with van der Waals surface area (Å²) in [5.74, 6) is 0. The number of allylic oxidation sites excluding steroid dienone is 5. The molecule has 1 aliphatic carbocycles. The third kappa shape index (κ3) is 4.79. The molecule has 2 aliphatic rings. The smallest absolute Gasteiger partial charge is 0.106 e. The topological polar surface area (TPSA) is 49.7 Å². The van der Waals surface area contributed by atoms with Gasteiger partial charge in [-0.1, -0.05) is 29.4 Å². The second-order valence-corrected chi connectivity index (χ2v) is 7.72. The molecule has 0 saturated carbocycles. The van der Waals surface area contributed by atoms with Gasteiger partial charge in [0.25, 0.3) is 0 Å². The number of hydrogen-bond donors (Lipinski definition) is 2.